The topological polar surface area (TPSA) is 177 Å². The molecule has 2 unspecified atom stereocenters. The summed E-state index contributed by atoms with van der Waals surface area (Å²) in [5, 5.41) is 34.6. The molecule has 2 aromatic heterocycles. The molecular formula is C22H22N6O7S3. The summed E-state index contributed by atoms with van der Waals surface area (Å²) >= 11 is 3.72. The molecule has 4 N–H and O–H groups in total. The number of urea groups is 1. The molecule has 4 rings (SSSR count). The molecule has 2 aliphatic rings. The average Bonchev–Trinajstić information content (AvgIpc) is 3.43. The maximum atomic E-state index is 13.1. The number of thiophene rings is 1. The maximum Gasteiger partial charge on any atom is 0.405 e. The summed E-state index contributed by atoms with van der Waals surface area (Å²) in [5.41, 5.74) is 0.328. The van der Waals surface area contributed by atoms with E-state index in [-0.39, 0.29) is 23.1 Å². The number of aliphatic carboxylic acids is 1. The summed E-state index contributed by atoms with van der Waals surface area (Å²) in [5.74, 6) is -1.96. The van der Waals surface area contributed by atoms with Gasteiger partial charge >= 0.3 is 17.9 Å². The Bertz CT molecular complexity index is 1300. The number of carbonyl (C=O) groups is 4. The molecule has 3 atom stereocenters. The predicted molar refractivity (Wildman–Crippen MR) is 139 cm³/mol. The fraction of sp³-hybridized carbons (Fsp3) is 0.273. The van der Waals surface area contributed by atoms with Crippen LogP contribution in [0.3, 0.4) is 0 Å². The van der Waals surface area contributed by atoms with Crippen LogP contribution in [-0.2, 0) is 14.4 Å². The summed E-state index contributed by atoms with van der Waals surface area (Å²) < 4.78 is 4.88. The second-order valence-corrected chi connectivity index (χ2v) is 10.9. The standard InChI is InChI=1S/C22H22N6O7S3/c1-3-23-22(33)25-15(12-5-4-8-36-12)18(29)24-16-19(30)27-17(21(31)32)11(10-38-20(16)27)9-37-13-6-7-14(35-2)28(34)26-13/h3-8,15-16,20H,1,9-10H2,2H3,(H,24,29)(H,31,32)(H2,23,25,33)/t15?,16-,20?/m1/s1. The van der Waals surface area contributed by atoms with E-state index in [0.29, 0.717) is 20.3 Å². The van der Waals surface area contributed by atoms with Crippen LogP contribution in [0.1, 0.15) is 10.9 Å². The third kappa shape index (κ3) is 5.56. The zero-order valence-electron chi connectivity index (χ0n) is 19.8. The number of nitrogens with zero attached hydrogens (tertiary/aromatic N) is 3. The van der Waals surface area contributed by atoms with Crippen LogP contribution in [0, 0.1) is 5.21 Å². The molecule has 0 bridgehead atoms. The van der Waals surface area contributed by atoms with Gasteiger partial charge in [-0.05, 0) is 34.1 Å². The summed E-state index contributed by atoms with van der Waals surface area (Å²) in [4.78, 5) is 52.3. The summed E-state index contributed by atoms with van der Waals surface area (Å²) in [6.07, 6.45) is 1.17. The number of fused-ring (bicyclic) bond motifs is 1. The zero-order valence-corrected chi connectivity index (χ0v) is 22.2. The van der Waals surface area contributed by atoms with Crippen molar-refractivity contribution in [3.05, 3.63) is 63.8 Å². The lowest BCUT2D eigenvalue weighted by molar-refractivity contribution is -0.678. The van der Waals surface area contributed by atoms with Crippen molar-refractivity contribution >= 4 is 58.7 Å². The van der Waals surface area contributed by atoms with Crippen molar-refractivity contribution in [2.45, 2.75) is 22.5 Å². The van der Waals surface area contributed by atoms with E-state index in [1.165, 1.54) is 42.5 Å². The number of β-lactam (4-membered cyclic amide) rings is 1. The third-order valence-corrected chi connectivity index (χ3v) is 8.78. The Morgan fingerprint density at radius 3 is 2.84 bits per heavy atom. The number of rotatable bonds is 10. The van der Waals surface area contributed by atoms with E-state index in [4.69, 9.17) is 4.74 Å². The van der Waals surface area contributed by atoms with Crippen molar-refractivity contribution in [3.63, 3.8) is 0 Å². The van der Waals surface area contributed by atoms with Gasteiger partial charge in [-0.15, -0.1) is 23.1 Å². The number of methoxy groups -OCH3 is 1. The molecular weight excluding hydrogens is 556 g/mol. The SMILES string of the molecule is C=CNC(=O)NC(C(=O)N[C@@H]1C(=O)N2C(C(=O)O)=C(CSc3ccc(OC)[n+]([O-])n3)CSC12)c1cccs1. The van der Waals surface area contributed by atoms with Gasteiger partial charge < -0.3 is 31.0 Å². The van der Waals surface area contributed by atoms with Crippen molar-refractivity contribution < 1.29 is 33.9 Å². The fourth-order valence-electron chi connectivity index (χ4n) is 3.78. The first-order valence-electron chi connectivity index (χ1n) is 10.9. The van der Waals surface area contributed by atoms with Gasteiger partial charge in [0.05, 0.1) is 13.2 Å². The van der Waals surface area contributed by atoms with Crippen LogP contribution in [0.15, 0.2) is 58.7 Å². The highest BCUT2D eigenvalue weighted by Gasteiger charge is 2.54. The molecule has 0 aromatic carbocycles. The quantitative estimate of drug-likeness (QED) is 0.136. The molecule has 0 aliphatic carbocycles. The van der Waals surface area contributed by atoms with Gasteiger partial charge in [-0.25, -0.2) is 9.59 Å². The van der Waals surface area contributed by atoms with Crippen LogP contribution in [-0.4, -0.2) is 69.0 Å². The van der Waals surface area contributed by atoms with E-state index in [0.717, 1.165) is 16.7 Å². The van der Waals surface area contributed by atoms with Gasteiger partial charge in [0.25, 0.3) is 5.91 Å². The molecule has 13 nitrogen and oxygen atoms in total. The number of carboxylic acids is 1. The fourth-order valence-corrected chi connectivity index (χ4v) is 6.89. The third-order valence-electron chi connectivity index (χ3n) is 5.50. The molecule has 4 amide bonds. The number of thioether (sulfide) groups is 2. The highest BCUT2D eigenvalue weighted by Crippen LogP contribution is 2.41. The lowest BCUT2D eigenvalue weighted by Crippen LogP contribution is -2.71. The number of amides is 4. The first-order chi connectivity index (χ1) is 18.2. The van der Waals surface area contributed by atoms with E-state index in [2.05, 4.69) is 27.6 Å². The van der Waals surface area contributed by atoms with E-state index in [1.54, 1.807) is 23.6 Å². The van der Waals surface area contributed by atoms with Gasteiger partial charge in [-0.1, -0.05) is 24.4 Å². The number of carbonyl (C=O) groups excluding carboxylic acids is 3. The smallest absolute Gasteiger partial charge is 0.405 e. The molecule has 38 heavy (non-hydrogen) atoms. The first-order valence-corrected chi connectivity index (χ1v) is 13.9. The van der Waals surface area contributed by atoms with Crippen LogP contribution in [0.25, 0.3) is 0 Å². The van der Waals surface area contributed by atoms with Crippen molar-refractivity contribution in [2.75, 3.05) is 18.6 Å². The minimum atomic E-state index is -1.27. The molecule has 2 aromatic rings. The Morgan fingerprint density at radius 2 is 2.21 bits per heavy atom. The van der Waals surface area contributed by atoms with Crippen molar-refractivity contribution in [2.24, 2.45) is 0 Å². The number of ether oxygens (including phenoxy) is 1. The number of hydrogen-bond acceptors (Lipinski definition) is 10. The van der Waals surface area contributed by atoms with Crippen LogP contribution in [0.5, 0.6) is 5.88 Å². The predicted octanol–water partition coefficient (Wildman–Crippen LogP) is 0.800. The lowest BCUT2D eigenvalue weighted by Gasteiger charge is -2.49. The largest absolute Gasteiger partial charge is 0.591 e. The summed E-state index contributed by atoms with van der Waals surface area (Å²) in [6, 6.07) is 3.75. The Labute approximate surface area is 228 Å². The Balaban J connectivity index is 1.47. The second kappa shape index (κ2) is 11.7. The van der Waals surface area contributed by atoms with E-state index >= 15 is 0 Å². The molecule has 0 spiro atoms. The first kappa shape index (κ1) is 27.3. The molecule has 2 aliphatic heterocycles. The van der Waals surface area contributed by atoms with E-state index < -0.39 is 41.3 Å². The van der Waals surface area contributed by atoms with Gasteiger partial charge in [-0.2, -0.15) is 0 Å². The highest BCUT2D eigenvalue weighted by molar-refractivity contribution is 8.01. The molecule has 16 heteroatoms. The van der Waals surface area contributed by atoms with Gasteiger partial charge in [0.2, 0.25) is 5.91 Å². The van der Waals surface area contributed by atoms with Gasteiger partial charge in [0.1, 0.15) is 23.2 Å². The van der Waals surface area contributed by atoms with Gasteiger partial charge in [-0.3, -0.25) is 14.5 Å². The van der Waals surface area contributed by atoms with Crippen LogP contribution >= 0.6 is 34.9 Å². The normalized spacial score (nSPS) is 19.1. The van der Waals surface area contributed by atoms with Gasteiger partial charge in [0.15, 0.2) is 5.03 Å². The van der Waals surface area contributed by atoms with Crippen molar-refractivity contribution in [1.82, 2.24) is 25.9 Å². The van der Waals surface area contributed by atoms with Crippen molar-refractivity contribution in [1.29, 1.82) is 0 Å². The molecule has 200 valence electrons. The van der Waals surface area contributed by atoms with Gasteiger partial charge in [0, 0.05) is 21.5 Å². The number of aromatic nitrogens is 2. The Hall–Kier alpha value is -3.76. The van der Waals surface area contributed by atoms with E-state index in [9.17, 15) is 29.5 Å². The molecule has 0 saturated carbocycles. The Kier molecular flexibility index (Phi) is 8.43. The molecule has 4 heterocycles. The monoisotopic (exact) mass is 578 g/mol. The number of nitrogens with one attached hydrogen (secondary N) is 3. The summed E-state index contributed by atoms with van der Waals surface area (Å²) in [6.45, 7) is 3.41. The highest BCUT2D eigenvalue weighted by atomic mass is 32.2. The number of hydrogen-bond donors (Lipinski definition) is 4. The molecule has 1 fully saturated rings. The van der Waals surface area contributed by atoms with Crippen LogP contribution < -0.4 is 25.5 Å². The molecule has 0 radical (unpaired) electrons. The minimum absolute atomic E-state index is 0.0213. The number of carboxylic acid groups (broad SMARTS) is 1. The average molecular weight is 579 g/mol. The second-order valence-electron chi connectivity index (χ2n) is 7.80. The van der Waals surface area contributed by atoms with Crippen LogP contribution in [0.2, 0.25) is 0 Å². The summed E-state index contributed by atoms with van der Waals surface area (Å²) in [7, 11) is 1.34. The van der Waals surface area contributed by atoms with E-state index in [1.807, 2.05) is 0 Å². The van der Waals surface area contributed by atoms with Crippen molar-refractivity contribution in [3.8, 4) is 5.88 Å². The zero-order chi connectivity index (χ0) is 27.4. The maximum absolute atomic E-state index is 13.1. The molecule has 1 saturated heterocycles. The minimum Gasteiger partial charge on any atom is -0.591 e. The Morgan fingerprint density at radius 1 is 1.42 bits per heavy atom. The lowest BCUT2D eigenvalue weighted by atomic mass is 10.0. The van der Waals surface area contributed by atoms with Crippen LogP contribution in [0.4, 0.5) is 4.79 Å².